The van der Waals surface area contributed by atoms with Crippen LogP contribution in [0.1, 0.15) is 42.7 Å². The third kappa shape index (κ3) is 1.42. The van der Waals surface area contributed by atoms with Crippen LogP contribution in [0.4, 0.5) is 0 Å². The van der Waals surface area contributed by atoms with Crippen molar-refractivity contribution in [1.82, 2.24) is 0 Å². The third-order valence-electron chi connectivity index (χ3n) is 4.03. The quantitative estimate of drug-likeness (QED) is 0.686. The number of fused-ring (bicyclic) bond motifs is 5. The van der Waals surface area contributed by atoms with Crippen LogP contribution in [0.25, 0.3) is 0 Å². The minimum Gasteiger partial charge on any atom is -0.295 e. The first-order chi connectivity index (χ1) is 7.75. The fraction of sp³-hybridized carbons (Fsp3) is 0.400. The normalized spacial score (nSPS) is 30.9. The van der Waals surface area contributed by atoms with Gasteiger partial charge in [0.2, 0.25) is 0 Å². The molecule has 0 aromatic heterocycles. The van der Waals surface area contributed by atoms with E-state index in [1.54, 1.807) is 18.6 Å². The van der Waals surface area contributed by atoms with Crippen LogP contribution in [0.5, 0.6) is 0 Å². The summed E-state index contributed by atoms with van der Waals surface area (Å²) in [6, 6.07) is 8.80. The van der Waals surface area contributed by atoms with Crippen LogP contribution in [-0.2, 0) is 4.79 Å². The summed E-state index contributed by atoms with van der Waals surface area (Å²) >= 11 is 0. The highest BCUT2D eigenvalue weighted by Gasteiger charge is 2.42. The summed E-state index contributed by atoms with van der Waals surface area (Å²) in [5, 5.41) is 0. The molecule has 0 radical (unpaired) electrons. The fourth-order valence-corrected chi connectivity index (χ4v) is 3.37. The van der Waals surface area contributed by atoms with Gasteiger partial charge in [-0.3, -0.25) is 4.79 Å². The second-order valence-corrected chi connectivity index (χ2v) is 5.04. The Morgan fingerprint density at radius 2 is 2.00 bits per heavy atom. The number of benzene rings is 1. The van der Waals surface area contributed by atoms with Gasteiger partial charge >= 0.3 is 0 Å². The predicted octanol–water partition coefficient (Wildman–Crippen LogP) is 3.42. The smallest absolute Gasteiger partial charge is 0.152 e. The third-order valence-corrected chi connectivity index (χ3v) is 4.03. The van der Waals surface area contributed by atoms with E-state index >= 15 is 0 Å². The van der Waals surface area contributed by atoms with Gasteiger partial charge in [0.25, 0.3) is 0 Å². The Morgan fingerprint density at radius 3 is 2.75 bits per heavy atom. The van der Waals surface area contributed by atoms with Gasteiger partial charge < -0.3 is 0 Å². The lowest BCUT2D eigenvalue weighted by Gasteiger charge is -2.21. The molecule has 3 atom stereocenters. The Hall–Kier alpha value is -1.37. The van der Waals surface area contributed by atoms with Gasteiger partial charge in [0, 0.05) is 0 Å². The molecule has 3 unspecified atom stereocenters. The number of carbonyl (C=O) groups excluding carboxylic acids is 1. The summed E-state index contributed by atoms with van der Waals surface area (Å²) in [4.78, 5) is 11.0. The maximum Gasteiger partial charge on any atom is 0.152 e. The number of hydrogen-bond donors (Lipinski definition) is 0. The van der Waals surface area contributed by atoms with Crippen molar-refractivity contribution in [3.8, 4) is 0 Å². The van der Waals surface area contributed by atoms with Gasteiger partial charge in [-0.1, -0.05) is 30.3 Å². The zero-order valence-electron chi connectivity index (χ0n) is 9.52. The molecule has 3 rings (SSSR count). The molecule has 82 valence electrons. The summed E-state index contributed by atoms with van der Waals surface area (Å²) in [6.07, 6.45) is 6.38. The van der Waals surface area contributed by atoms with E-state index in [4.69, 9.17) is 0 Å². The topological polar surface area (TPSA) is 17.1 Å². The van der Waals surface area contributed by atoms with Crippen molar-refractivity contribution in [3.05, 3.63) is 47.5 Å². The van der Waals surface area contributed by atoms with Crippen LogP contribution in [0.2, 0.25) is 0 Å². The summed E-state index contributed by atoms with van der Waals surface area (Å²) in [7, 11) is 0. The van der Waals surface area contributed by atoms with Gasteiger partial charge in [0.1, 0.15) is 0 Å². The molecule has 1 saturated carbocycles. The minimum absolute atomic E-state index is 0.163. The lowest BCUT2D eigenvalue weighted by molar-refractivity contribution is -0.112. The van der Waals surface area contributed by atoms with Crippen molar-refractivity contribution < 1.29 is 4.79 Å². The molecule has 0 spiro atoms. The molecule has 0 amide bonds. The monoisotopic (exact) mass is 212 g/mol. The molecular weight excluding hydrogens is 196 g/mol. The van der Waals surface area contributed by atoms with E-state index in [1.165, 1.54) is 18.4 Å². The Bertz CT molecular complexity index is 458. The number of allylic oxidation sites excluding steroid dienone is 2. The maximum absolute atomic E-state index is 11.0. The van der Waals surface area contributed by atoms with E-state index in [0.29, 0.717) is 11.8 Å². The van der Waals surface area contributed by atoms with E-state index in [1.807, 2.05) is 0 Å². The van der Waals surface area contributed by atoms with Gasteiger partial charge in [-0.25, -0.2) is 0 Å². The molecule has 1 aromatic rings. The highest BCUT2D eigenvalue weighted by atomic mass is 16.1. The molecule has 0 heterocycles. The zero-order valence-corrected chi connectivity index (χ0v) is 9.52. The standard InChI is InChI=1S/C15H16O/c1-10(16)6-7-11-8-12-9-15(11)14-5-3-2-4-13(12)14/h2-7,11-12,15H,8-9H2,1H3/b7-6+. The van der Waals surface area contributed by atoms with E-state index in [0.717, 1.165) is 5.92 Å². The van der Waals surface area contributed by atoms with Crippen molar-refractivity contribution in [2.75, 3.05) is 0 Å². The van der Waals surface area contributed by atoms with Crippen molar-refractivity contribution in [1.29, 1.82) is 0 Å². The predicted molar refractivity (Wildman–Crippen MR) is 64.5 cm³/mol. The Labute approximate surface area is 96.2 Å². The highest BCUT2D eigenvalue weighted by Crippen LogP contribution is 2.56. The van der Waals surface area contributed by atoms with Gasteiger partial charge in [-0.15, -0.1) is 0 Å². The lowest BCUT2D eigenvalue weighted by atomic mass is 9.83. The van der Waals surface area contributed by atoms with Crippen LogP contribution >= 0.6 is 0 Å². The van der Waals surface area contributed by atoms with Crippen molar-refractivity contribution in [2.45, 2.75) is 31.6 Å². The highest BCUT2D eigenvalue weighted by molar-refractivity contribution is 5.87. The van der Waals surface area contributed by atoms with Gasteiger partial charge in [-0.2, -0.15) is 0 Å². The van der Waals surface area contributed by atoms with Crippen LogP contribution in [-0.4, -0.2) is 5.78 Å². The van der Waals surface area contributed by atoms with E-state index < -0.39 is 0 Å². The molecule has 0 N–H and O–H groups in total. The minimum atomic E-state index is 0.163. The average molecular weight is 212 g/mol. The molecule has 1 fully saturated rings. The molecule has 1 aromatic carbocycles. The van der Waals surface area contributed by atoms with E-state index in [2.05, 4.69) is 30.3 Å². The van der Waals surface area contributed by atoms with E-state index in [9.17, 15) is 4.79 Å². The first-order valence-corrected chi connectivity index (χ1v) is 6.03. The molecule has 2 bridgehead atoms. The maximum atomic E-state index is 11.0. The average Bonchev–Trinajstić information content (AvgIpc) is 2.85. The van der Waals surface area contributed by atoms with Crippen molar-refractivity contribution in [2.24, 2.45) is 5.92 Å². The summed E-state index contributed by atoms with van der Waals surface area (Å²) in [5.41, 5.74) is 3.08. The Kier molecular flexibility index (Phi) is 2.20. The lowest BCUT2D eigenvalue weighted by Crippen LogP contribution is -2.08. The number of ketones is 1. The molecule has 16 heavy (non-hydrogen) atoms. The summed E-state index contributed by atoms with van der Waals surface area (Å²) in [6.45, 7) is 1.62. The first-order valence-electron chi connectivity index (χ1n) is 6.03. The Balaban J connectivity index is 1.89. The molecule has 0 aliphatic heterocycles. The summed E-state index contributed by atoms with van der Waals surface area (Å²) in [5.74, 6) is 2.15. The van der Waals surface area contributed by atoms with Crippen LogP contribution < -0.4 is 0 Å². The van der Waals surface area contributed by atoms with Crippen LogP contribution in [0.3, 0.4) is 0 Å². The van der Waals surface area contributed by atoms with Crippen LogP contribution in [0.15, 0.2) is 36.4 Å². The fourth-order valence-electron chi connectivity index (χ4n) is 3.37. The van der Waals surface area contributed by atoms with Gasteiger partial charge in [-0.05, 0) is 54.7 Å². The second-order valence-electron chi connectivity index (χ2n) is 5.04. The number of hydrogen-bond acceptors (Lipinski definition) is 1. The molecule has 1 nitrogen and oxygen atoms in total. The van der Waals surface area contributed by atoms with Gasteiger partial charge in [0.05, 0.1) is 0 Å². The molecule has 2 aliphatic rings. The SMILES string of the molecule is CC(=O)/C=C/C1CC2CC1c1ccccc12. The molecule has 1 heteroatoms. The Morgan fingerprint density at radius 1 is 1.25 bits per heavy atom. The van der Waals surface area contributed by atoms with Crippen molar-refractivity contribution >= 4 is 5.78 Å². The van der Waals surface area contributed by atoms with Crippen molar-refractivity contribution in [3.63, 3.8) is 0 Å². The second kappa shape index (κ2) is 3.58. The summed E-state index contributed by atoms with van der Waals surface area (Å²) < 4.78 is 0. The zero-order chi connectivity index (χ0) is 11.1. The van der Waals surface area contributed by atoms with Gasteiger partial charge in [0.15, 0.2) is 5.78 Å². The molecule has 0 saturated heterocycles. The first kappa shape index (κ1) is 9.83. The molecule has 2 aliphatic carbocycles. The molecular formula is C15H16O. The van der Waals surface area contributed by atoms with Crippen LogP contribution in [0, 0.1) is 5.92 Å². The number of rotatable bonds is 2. The number of carbonyl (C=O) groups is 1. The van der Waals surface area contributed by atoms with E-state index in [-0.39, 0.29) is 5.78 Å². The largest absolute Gasteiger partial charge is 0.295 e.